The Morgan fingerprint density at radius 3 is 2.74 bits per heavy atom. The molecule has 2 aromatic rings. The van der Waals surface area contributed by atoms with Crippen LogP contribution in [0.4, 0.5) is 5.95 Å². The summed E-state index contributed by atoms with van der Waals surface area (Å²) >= 11 is 0. The summed E-state index contributed by atoms with van der Waals surface area (Å²) in [5, 5.41) is 3.96. The standard InChI is InChI=1S/C10H14N6O2S/c11-3-1-6-16-8-9(7-14-16)19(17,18)15-10-12-4-2-5-13-10/h2,4-5,7-8H,1,3,6,11H2,(H,12,13,15). The van der Waals surface area contributed by atoms with E-state index in [-0.39, 0.29) is 10.8 Å². The first-order valence-corrected chi connectivity index (χ1v) is 7.12. The van der Waals surface area contributed by atoms with Crippen LogP contribution >= 0.6 is 0 Å². The van der Waals surface area contributed by atoms with E-state index in [1.54, 1.807) is 6.07 Å². The van der Waals surface area contributed by atoms with Gasteiger partial charge in [0.05, 0.1) is 6.20 Å². The molecule has 0 aliphatic rings. The van der Waals surface area contributed by atoms with Gasteiger partial charge < -0.3 is 5.73 Å². The number of anilines is 1. The van der Waals surface area contributed by atoms with Crippen LogP contribution in [0.5, 0.6) is 0 Å². The van der Waals surface area contributed by atoms with Gasteiger partial charge in [-0.25, -0.2) is 23.1 Å². The van der Waals surface area contributed by atoms with Crippen molar-refractivity contribution < 1.29 is 8.42 Å². The summed E-state index contributed by atoms with van der Waals surface area (Å²) in [6, 6.07) is 1.60. The second-order valence-corrected chi connectivity index (χ2v) is 5.44. The van der Waals surface area contributed by atoms with E-state index in [2.05, 4.69) is 19.8 Å². The van der Waals surface area contributed by atoms with Crippen molar-refractivity contribution in [3.8, 4) is 0 Å². The molecule has 3 N–H and O–H groups in total. The molecule has 0 aromatic carbocycles. The highest BCUT2D eigenvalue weighted by Crippen LogP contribution is 2.11. The fraction of sp³-hybridized carbons (Fsp3) is 0.300. The van der Waals surface area contributed by atoms with Crippen molar-refractivity contribution in [1.29, 1.82) is 0 Å². The van der Waals surface area contributed by atoms with E-state index in [1.165, 1.54) is 29.5 Å². The number of hydrogen-bond donors (Lipinski definition) is 2. The summed E-state index contributed by atoms with van der Waals surface area (Å²) < 4.78 is 27.9. The molecule has 0 radical (unpaired) electrons. The number of nitrogens with two attached hydrogens (primary N) is 1. The molecule has 0 fully saturated rings. The number of sulfonamides is 1. The zero-order chi connectivity index (χ0) is 13.7. The quantitative estimate of drug-likeness (QED) is 0.759. The summed E-state index contributed by atoms with van der Waals surface area (Å²) in [6.45, 7) is 1.10. The Kier molecular flexibility index (Phi) is 4.07. The third-order valence-corrected chi connectivity index (χ3v) is 3.59. The monoisotopic (exact) mass is 282 g/mol. The Morgan fingerprint density at radius 1 is 1.32 bits per heavy atom. The number of hydrogen-bond acceptors (Lipinski definition) is 6. The first kappa shape index (κ1) is 13.4. The number of aromatic nitrogens is 4. The van der Waals surface area contributed by atoms with Gasteiger partial charge in [0, 0.05) is 25.1 Å². The Balaban J connectivity index is 2.13. The highest BCUT2D eigenvalue weighted by molar-refractivity contribution is 7.92. The largest absolute Gasteiger partial charge is 0.330 e. The maximum atomic E-state index is 12.0. The summed E-state index contributed by atoms with van der Waals surface area (Å²) in [5.41, 5.74) is 5.38. The van der Waals surface area contributed by atoms with Crippen molar-refractivity contribution in [2.75, 3.05) is 11.3 Å². The Bertz CT molecular complexity index is 624. The molecule has 2 rings (SSSR count). The maximum absolute atomic E-state index is 12.0. The van der Waals surface area contributed by atoms with E-state index < -0.39 is 10.0 Å². The highest BCUT2D eigenvalue weighted by Gasteiger charge is 2.17. The molecule has 2 heterocycles. The van der Waals surface area contributed by atoms with E-state index in [0.29, 0.717) is 13.1 Å². The van der Waals surface area contributed by atoms with Crippen LogP contribution in [0.3, 0.4) is 0 Å². The third kappa shape index (κ3) is 3.48. The van der Waals surface area contributed by atoms with Gasteiger partial charge in [0.25, 0.3) is 10.0 Å². The van der Waals surface area contributed by atoms with Crippen LogP contribution in [0.25, 0.3) is 0 Å². The molecule has 2 aromatic heterocycles. The van der Waals surface area contributed by atoms with Crippen molar-refractivity contribution in [2.45, 2.75) is 17.9 Å². The summed E-state index contributed by atoms with van der Waals surface area (Å²) in [6.07, 6.45) is 6.37. The first-order chi connectivity index (χ1) is 9.12. The number of rotatable bonds is 6. The highest BCUT2D eigenvalue weighted by atomic mass is 32.2. The summed E-state index contributed by atoms with van der Waals surface area (Å²) in [4.78, 5) is 7.67. The normalized spacial score (nSPS) is 11.4. The van der Waals surface area contributed by atoms with E-state index in [0.717, 1.165) is 6.42 Å². The zero-order valence-corrected chi connectivity index (χ0v) is 10.9. The van der Waals surface area contributed by atoms with Crippen LogP contribution in [-0.2, 0) is 16.6 Å². The number of nitrogens with zero attached hydrogens (tertiary/aromatic N) is 4. The van der Waals surface area contributed by atoms with Crippen molar-refractivity contribution in [1.82, 2.24) is 19.7 Å². The second kappa shape index (κ2) is 5.76. The van der Waals surface area contributed by atoms with Gasteiger partial charge in [-0.3, -0.25) is 4.68 Å². The van der Waals surface area contributed by atoms with E-state index in [4.69, 9.17) is 5.73 Å². The average molecular weight is 282 g/mol. The molecule has 0 aliphatic heterocycles. The smallest absolute Gasteiger partial charge is 0.267 e. The van der Waals surface area contributed by atoms with Crippen molar-refractivity contribution in [2.24, 2.45) is 5.73 Å². The van der Waals surface area contributed by atoms with Crippen LogP contribution in [-0.4, -0.2) is 34.7 Å². The molecule has 0 amide bonds. The topological polar surface area (TPSA) is 116 Å². The molecular weight excluding hydrogens is 268 g/mol. The molecule has 0 aliphatic carbocycles. The molecule has 8 nitrogen and oxygen atoms in total. The fourth-order valence-electron chi connectivity index (χ4n) is 1.39. The average Bonchev–Trinajstić information content (AvgIpc) is 2.86. The number of nitrogens with one attached hydrogen (secondary N) is 1. The van der Waals surface area contributed by atoms with E-state index in [9.17, 15) is 8.42 Å². The molecule has 0 bridgehead atoms. The van der Waals surface area contributed by atoms with Crippen LogP contribution in [0.15, 0.2) is 35.7 Å². The van der Waals surface area contributed by atoms with Crippen LogP contribution < -0.4 is 10.5 Å². The van der Waals surface area contributed by atoms with Gasteiger partial charge in [0.2, 0.25) is 5.95 Å². The molecule has 0 atom stereocenters. The summed E-state index contributed by atoms with van der Waals surface area (Å²) in [7, 11) is -3.71. The van der Waals surface area contributed by atoms with E-state index >= 15 is 0 Å². The molecule has 9 heteroatoms. The lowest BCUT2D eigenvalue weighted by atomic mass is 10.4. The van der Waals surface area contributed by atoms with E-state index in [1.807, 2.05) is 0 Å². The second-order valence-electron chi connectivity index (χ2n) is 3.76. The molecule has 19 heavy (non-hydrogen) atoms. The van der Waals surface area contributed by atoms with Gasteiger partial charge in [-0.15, -0.1) is 0 Å². The third-order valence-electron chi connectivity index (χ3n) is 2.30. The van der Waals surface area contributed by atoms with Gasteiger partial charge in [-0.05, 0) is 19.0 Å². The molecular formula is C10H14N6O2S. The molecule has 0 saturated carbocycles. The minimum atomic E-state index is -3.71. The first-order valence-electron chi connectivity index (χ1n) is 5.64. The maximum Gasteiger partial charge on any atom is 0.267 e. The Hall–Kier alpha value is -2.00. The molecule has 0 unspecified atom stereocenters. The number of aryl methyl sites for hydroxylation is 1. The molecule has 0 spiro atoms. The minimum Gasteiger partial charge on any atom is -0.330 e. The lowest BCUT2D eigenvalue weighted by Crippen LogP contribution is -2.14. The van der Waals surface area contributed by atoms with Crippen molar-refractivity contribution in [3.63, 3.8) is 0 Å². The van der Waals surface area contributed by atoms with Crippen molar-refractivity contribution in [3.05, 3.63) is 30.9 Å². The molecule has 0 saturated heterocycles. The van der Waals surface area contributed by atoms with Gasteiger partial charge in [0.15, 0.2) is 0 Å². The van der Waals surface area contributed by atoms with Crippen LogP contribution in [0.2, 0.25) is 0 Å². The predicted molar refractivity (Wildman–Crippen MR) is 68.7 cm³/mol. The SMILES string of the molecule is NCCCn1cc(S(=O)(=O)Nc2ncccn2)cn1. The lowest BCUT2D eigenvalue weighted by molar-refractivity contribution is 0.582. The summed E-state index contributed by atoms with van der Waals surface area (Å²) in [5.74, 6) is 0.0252. The Morgan fingerprint density at radius 2 is 2.05 bits per heavy atom. The van der Waals surface area contributed by atoms with Crippen molar-refractivity contribution >= 4 is 16.0 Å². The molecule has 102 valence electrons. The minimum absolute atomic E-state index is 0.0252. The predicted octanol–water partition coefficient (Wildman–Crippen LogP) is -0.177. The van der Waals surface area contributed by atoms with Gasteiger partial charge in [-0.1, -0.05) is 0 Å². The van der Waals surface area contributed by atoms with Gasteiger partial charge in [0.1, 0.15) is 4.90 Å². The van der Waals surface area contributed by atoms with Crippen LogP contribution in [0, 0.1) is 0 Å². The zero-order valence-electron chi connectivity index (χ0n) is 10.1. The fourth-order valence-corrected chi connectivity index (χ4v) is 2.30. The van der Waals surface area contributed by atoms with Crippen LogP contribution in [0.1, 0.15) is 6.42 Å². The lowest BCUT2D eigenvalue weighted by Gasteiger charge is -2.03. The van der Waals surface area contributed by atoms with Gasteiger partial charge in [-0.2, -0.15) is 5.10 Å². The van der Waals surface area contributed by atoms with Gasteiger partial charge >= 0.3 is 0 Å². The Labute approximate surface area is 110 Å².